The Labute approximate surface area is 139 Å². The molecule has 0 spiro atoms. The van der Waals surface area contributed by atoms with E-state index in [9.17, 15) is 9.59 Å². The van der Waals surface area contributed by atoms with Crippen LogP contribution in [0.15, 0.2) is 41.6 Å². The van der Waals surface area contributed by atoms with E-state index in [0.717, 1.165) is 25.1 Å². The average Bonchev–Trinajstić information content (AvgIpc) is 3.09. The van der Waals surface area contributed by atoms with Gasteiger partial charge in [-0.1, -0.05) is 0 Å². The van der Waals surface area contributed by atoms with Crippen LogP contribution in [0.2, 0.25) is 0 Å². The van der Waals surface area contributed by atoms with Gasteiger partial charge < -0.3 is 19.9 Å². The predicted octanol–water partition coefficient (Wildman–Crippen LogP) is 0.451. The maximum atomic E-state index is 12.2. The lowest BCUT2D eigenvalue weighted by Crippen LogP contribution is -2.26. The summed E-state index contributed by atoms with van der Waals surface area (Å²) in [5.41, 5.74) is 0.980. The second-order valence-electron chi connectivity index (χ2n) is 5.76. The van der Waals surface area contributed by atoms with Gasteiger partial charge in [-0.25, -0.2) is 0 Å². The first-order valence-corrected chi connectivity index (χ1v) is 7.88. The summed E-state index contributed by atoms with van der Waals surface area (Å²) in [6, 6.07) is 4.76. The van der Waals surface area contributed by atoms with E-state index in [1.165, 1.54) is 10.6 Å². The summed E-state index contributed by atoms with van der Waals surface area (Å²) in [7, 11) is 1.64. The maximum Gasteiger partial charge on any atom is 0.251 e. The molecule has 2 N–H and O–H groups in total. The Balaban J connectivity index is 1.66. The summed E-state index contributed by atoms with van der Waals surface area (Å²) >= 11 is 0. The van der Waals surface area contributed by atoms with Crippen LogP contribution in [0.5, 0.6) is 5.75 Å². The van der Waals surface area contributed by atoms with Gasteiger partial charge in [0.25, 0.3) is 11.5 Å². The van der Waals surface area contributed by atoms with Gasteiger partial charge >= 0.3 is 0 Å². The lowest BCUT2D eigenvalue weighted by Gasteiger charge is -2.16. The van der Waals surface area contributed by atoms with Crippen LogP contribution in [0.4, 0.5) is 0 Å². The molecule has 1 saturated heterocycles. The van der Waals surface area contributed by atoms with Crippen LogP contribution in [0, 0.1) is 0 Å². The fourth-order valence-corrected chi connectivity index (χ4v) is 2.54. The van der Waals surface area contributed by atoms with Crippen LogP contribution in [-0.2, 0) is 13.6 Å². The quantitative estimate of drug-likeness (QED) is 0.832. The summed E-state index contributed by atoms with van der Waals surface area (Å²) < 4.78 is 7.37. The van der Waals surface area contributed by atoms with Crippen molar-refractivity contribution in [2.75, 3.05) is 13.1 Å². The van der Waals surface area contributed by atoms with Gasteiger partial charge in [0.05, 0.1) is 6.20 Å². The van der Waals surface area contributed by atoms with Crippen LogP contribution in [0.25, 0.3) is 0 Å². The Hall–Kier alpha value is -2.67. The number of amides is 1. The first-order valence-electron chi connectivity index (χ1n) is 7.88. The lowest BCUT2D eigenvalue weighted by molar-refractivity contribution is 0.0950. The van der Waals surface area contributed by atoms with Gasteiger partial charge in [0.1, 0.15) is 11.9 Å². The fourth-order valence-electron chi connectivity index (χ4n) is 2.54. The number of hydrogen-bond acceptors (Lipinski definition) is 5. The van der Waals surface area contributed by atoms with Crippen LogP contribution in [0.1, 0.15) is 22.3 Å². The number of nitrogens with one attached hydrogen (secondary N) is 2. The molecular weight excluding hydrogens is 308 g/mol. The Kier molecular flexibility index (Phi) is 4.90. The number of pyridine rings is 2. The Morgan fingerprint density at radius 3 is 3.12 bits per heavy atom. The molecule has 0 aromatic carbocycles. The molecule has 7 nitrogen and oxygen atoms in total. The molecule has 0 bridgehead atoms. The van der Waals surface area contributed by atoms with Gasteiger partial charge in [-0.05, 0) is 25.1 Å². The number of aromatic nitrogens is 2. The van der Waals surface area contributed by atoms with E-state index in [2.05, 4.69) is 15.6 Å². The highest BCUT2D eigenvalue weighted by Gasteiger charge is 2.18. The van der Waals surface area contributed by atoms with E-state index in [1.54, 1.807) is 31.7 Å². The van der Waals surface area contributed by atoms with Crippen molar-refractivity contribution in [2.45, 2.75) is 19.1 Å². The first kappa shape index (κ1) is 16.2. The van der Waals surface area contributed by atoms with Crippen molar-refractivity contribution in [3.05, 3.63) is 58.3 Å². The first-order chi connectivity index (χ1) is 11.6. The highest BCUT2D eigenvalue weighted by atomic mass is 16.5. The molecule has 1 aliphatic rings. The number of nitrogens with zero attached hydrogens (tertiary/aromatic N) is 2. The molecule has 0 saturated carbocycles. The zero-order chi connectivity index (χ0) is 16.9. The molecule has 0 unspecified atom stereocenters. The lowest BCUT2D eigenvalue weighted by atomic mass is 10.2. The summed E-state index contributed by atoms with van der Waals surface area (Å²) in [5.74, 6) is 0.383. The Morgan fingerprint density at radius 2 is 2.38 bits per heavy atom. The molecule has 3 rings (SSSR count). The number of carbonyl (C=O) groups excluding carboxylic acids is 1. The minimum Gasteiger partial charge on any atom is -0.487 e. The molecule has 1 amide bonds. The van der Waals surface area contributed by atoms with Gasteiger partial charge in [-0.15, -0.1) is 0 Å². The zero-order valence-corrected chi connectivity index (χ0v) is 13.5. The van der Waals surface area contributed by atoms with E-state index in [0.29, 0.717) is 17.9 Å². The average molecular weight is 328 g/mol. The molecule has 0 radical (unpaired) electrons. The standard InChI is InChI=1S/C17H20N4O3/c1-21-7-4-12(8-16(21)22)17(23)20-9-13-2-5-19-11-15(13)24-14-3-6-18-10-14/h2,4-5,7-8,11,14,18H,3,6,9-10H2,1H3,(H,20,23)/t14-/m0/s1. The zero-order valence-electron chi connectivity index (χ0n) is 13.5. The molecule has 3 heterocycles. The Bertz CT molecular complexity index is 781. The SMILES string of the molecule is Cn1ccc(C(=O)NCc2ccncc2O[C@H]2CCNC2)cc1=O. The van der Waals surface area contributed by atoms with Crippen LogP contribution in [-0.4, -0.2) is 34.7 Å². The normalized spacial score (nSPS) is 16.8. The molecule has 1 aliphatic heterocycles. The van der Waals surface area contributed by atoms with Crippen molar-refractivity contribution in [3.8, 4) is 5.75 Å². The topological polar surface area (TPSA) is 85.2 Å². The van der Waals surface area contributed by atoms with Crippen LogP contribution >= 0.6 is 0 Å². The molecule has 2 aromatic heterocycles. The predicted molar refractivity (Wildman–Crippen MR) is 89.0 cm³/mol. The van der Waals surface area contributed by atoms with E-state index in [4.69, 9.17) is 4.74 Å². The Morgan fingerprint density at radius 1 is 1.50 bits per heavy atom. The fraction of sp³-hybridized carbons (Fsp3) is 0.353. The van der Waals surface area contributed by atoms with E-state index >= 15 is 0 Å². The molecule has 24 heavy (non-hydrogen) atoms. The number of carbonyl (C=O) groups is 1. The van der Waals surface area contributed by atoms with Crippen LogP contribution in [0.3, 0.4) is 0 Å². The van der Waals surface area contributed by atoms with Gasteiger partial charge in [-0.2, -0.15) is 0 Å². The second-order valence-corrected chi connectivity index (χ2v) is 5.76. The highest BCUT2D eigenvalue weighted by molar-refractivity contribution is 5.93. The summed E-state index contributed by atoms with van der Waals surface area (Å²) in [5, 5.41) is 6.06. The maximum absolute atomic E-state index is 12.2. The molecule has 1 atom stereocenters. The van der Waals surface area contributed by atoms with Crippen molar-refractivity contribution < 1.29 is 9.53 Å². The van der Waals surface area contributed by atoms with Crippen molar-refractivity contribution in [1.82, 2.24) is 20.2 Å². The van der Waals surface area contributed by atoms with Gasteiger partial charge in [0, 0.05) is 49.7 Å². The highest BCUT2D eigenvalue weighted by Crippen LogP contribution is 2.19. The second kappa shape index (κ2) is 7.27. The largest absolute Gasteiger partial charge is 0.487 e. The molecule has 126 valence electrons. The monoisotopic (exact) mass is 328 g/mol. The van der Waals surface area contributed by atoms with E-state index in [-0.39, 0.29) is 17.6 Å². The summed E-state index contributed by atoms with van der Waals surface area (Å²) in [6.07, 6.45) is 5.98. The van der Waals surface area contributed by atoms with Crippen LogP contribution < -0.4 is 20.9 Å². The third kappa shape index (κ3) is 3.80. The number of rotatable bonds is 5. The molecule has 1 fully saturated rings. The van der Waals surface area contributed by atoms with Crippen molar-refractivity contribution in [1.29, 1.82) is 0 Å². The van der Waals surface area contributed by atoms with Crippen molar-refractivity contribution in [3.63, 3.8) is 0 Å². The van der Waals surface area contributed by atoms with Crippen molar-refractivity contribution in [2.24, 2.45) is 7.05 Å². The summed E-state index contributed by atoms with van der Waals surface area (Å²) in [6.45, 7) is 2.07. The number of aryl methyl sites for hydroxylation is 1. The molecular formula is C17H20N4O3. The number of hydrogen-bond donors (Lipinski definition) is 2. The molecule has 2 aromatic rings. The third-order valence-electron chi connectivity index (χ3n) is 3.98. The van der Waals surface area contributed by atoms with E-state index in [1.807, 2.05) is 6.07 Å². The third-order valence-corrected chi connectivity index (χ3v) is 3.98. The van der Waals surface area contributed by atoms with E-state index < -0.39 is 0 Å². The molecule has 0 aliphatic carbocycles. The summed E-state index contributed by atoms with van der Waals surface area (Å²) in [4.78, 5) is 27.9. The number of ether oxygens (including phenoxy) is 1. The van der Waals surface area contributed by atoms with Gasteiger partial charge in [0.15, 0.2) is 0 Å². The van der Waals surface area contributed by atoms with Gasteiger partial charge in [-0.3, -0.25) is 14.6 Å². The smallest absolute Gasteiger partial charge is 0.251 e. The molecule has 7 heteroatoms. The minimum atomic E-state index is -0.294. The minimum absolute atomic E-state index is 0.126. The van der Waals surface area contributed by atoms with Crippen molar-refractivity contribution >= 4 is 5.91 Å². The van der Waals surface area contributed by atoms with Gasteiger partial charge in [0.2, 0.25) is 0 Å².